The van der Waals surface area contributed by atoms with Gasteiger partial charge >= 0.3 is 0 Å². The van der Waals surface area contributed by atoms with Gasteiger partial charge in [0, 0.05) is 13.7 Å². The van der Waals surface area contributed by atoms with Gasteiger partial charge in [0.05, 0.1) is 26.4 Å². The first kappa shape index (κ1) is 14.0. The fourth-order valence-electron chi connectivity index (χ4n) is 2.13. The normalized spacial score (nSPS) is 19.1. The highest BCUT2D eigenvalue weighted by atomic mass is 16.5. The second-order valence-electron chi connectivity index (χ2n) is 4.39. The number of carbonyl (C=O) groups excluding carboxylic acids is 1. The van der Waals surface area contributed by atoms with Crippen LogP contribution in [0, 0.1) is 0 Å². The molecule has 1 heterocycles. The lowest BCUT2D eigenvalue weighted by Gasteiger charge is -2.24. The minimum atomic E-state index is -0.0419. The molecule has 19 heavy (non-hydrogen) atoms. The Hall–Kier alpha value is -1.43. The number of carbonyl (C=O) groups is 1. The van der Waals surface area contributed by atoms with Crippen LogP contribution >= 0.6 is 0 Å². The van der Waals surface area contributed by atoms with E-state index in [4.69, 9.17) is 9.47 Å². The van der Waals surface area contributed by atoms with E-state index in [1.54, 1.807) is 7.11 Å². The molecule has 0 saturated carbocycles. The molecule has 1 unspecified atom stereocenters. The van der Waals surface area contributed by atoms with Crippen molar-refractivity contribution in [2.75, 3.05) is 40.0 Å². The van der Waals surface area contributed by atoms with E-state index in [0.29, 0.717) is 32.9 Å². The Morgan fingerprint density at radius 2 is 2.05 bits per heavy atom. The van der Waals surface area contributed by atoms with Gasteiger partial charge in [-0.05, 0) is 5.56 Å². The lowest BCUT2D eigenvalue weighted by atomic mass is 10.1. The van der Waals surface area contributed by atoms with Crippen LogP contribution in [0.25, 0.3) is 0 Å². The molecule has 0 aromatic heterocycles. The van der Waals surface area contributed by atoms with Crippen molar-refractivity contribution in [1.82, 2.24) is 10.2 Å². The molecule has 104 valence electrons. The number of hydrogen-bond acceptors (Lipinski definition) is 4. The topological polar surface area (TPSA) is 50.8 Å². The molecule has 2 rings (SSSR count). The molecule has 1 fully saturated rings. The van der Waals surface area contributed by atoms with E-state index in [2.05, 4.69) is 5.32 Å². The number of benzene rings is 1. The second kappa shape index (κ2) is 7.23. The van der Waals surface area contributed by atoms with Gasteiger partial charge in [-0.3, -0.25) is 10.1 Å². The van der Waals surface area contributed by atoms with Gasteiger partial charge in [0.15, 0.2) is 0 Å². The van der Waals surface area contributed by atoms with E-state index < -0.39 is 0 Å². The summed E-state index contributed by atoms with van der Waals surface area (Å²) in [5.74, 6) is 0.115. The van der Waals surface area contributed by atoms with Crippen LogP contribution in [0.5, 0.6) is 0 Å². The van der Waals surface area contributed by atoms with Gasteiger partial charge < -0.3 is 14.4 Å². The first-order valence-corrected chi connectivity index (χ1v) is 6.47. The SMILES string of the molecule is COCCOCCN1C(=O)CNC1c1ccccc1. The van der Waals surface area contributed by atoms with E-state index in [1.807, 2.05) is 35.2 Å². The van der Waals surface area contributed by atoms with Crippen LogP contribution in [0.1, 0.15) is 11.7 Å². The van der Waals surface area contributed by atoms with Gasteiger partial charge in [-0.15, -0.1) is 0 Å². The zero-order chi connectivity index (χ0) is 13.5. The number of methoxy groups -OCH3 is 1. The van der Waals surface area contributed by atoms with E-state index >= 15 is 0 Å². The quantitative estimate of drug-likeness (QED) is 0.739. The Labute approximate surface area is 113 Å². The minimum absolute atomic E-state index is 0.0419. The summed E-state index contributed by atoms with van der Waals surface area (Å²) in [6, 6.07) is 9.97. The van der Waals surface area contributed by atoms with Crippen molar-refractivity contribution in [2.45, 2.75) is 6.17 Å². The summed E-state index contributed by atoms with van der Waals surface area (Å²) in [4.78, 5) is 13.7. The number of hydrogen-bond donors (Lipinski definition) is 1. The Morgan fingerprint density at radius 3 is 2.79 bits per heavy atom. The first-order valence-electron chi connectivity index (χ1n) is 6.47. The molecule has 0 bridgehead atoms. The lowest BCUT2D eigenvalue weighted by Crippen LogP contribution is -2.33. The number of ether oxygens (including phenoxy) is 2. The lowest BCUT2D eigenvalue weighted by molar-refractivity contribution is -0.128. The summed E-state index contributed by atoms with van der Waals surface area (Å²) < 4.78 is 10.3. The fraction of sp³-hybridized carbons (Fsp3) is 0.500. The highest BCUT2D eigenvalue weighted by molar-refractivity contribution is 5.80. The van der Waals surface area contributed by atoms with E-state index in [1.165, 1.54) is 0 Å². The molecule has 0 spiro atoms. The molecule has 1 aliphatic rings. The number of nitrogens with one attached hydrogen (secondary N) is 1. The largest absolute Gasteiger partial charge is 0.382 e. The molecule has 1 atom stereocenters. The van der Waals surface area contributed by atoms with Crippen LogP contribution in [0.3, 0.4) is 0 Å². The molecular weight excluding hydrogens is 244 g/mol. The molecule has 0 radical (unpaired) electrons. The minimum Gasteiger partial charge on any atom is -0.382 e. The van der Waals surface area contributed by atoms with Crippen LogP contribution < -0.4 is 5.32 Å². The number of nitrogens with zero attached hydrogens (tertiary/aromatic N) is 1. The van der Waals surface area contributed by atoms with Crippen LogP contribution in [-0.2, 0) is 14.3 Å². The van der Waals surface area contributed by atoms with Crippen molar-refractivity contribution < 1.29 is 14.3 Å². The van der Waals surface area contributed by atoms with Gasteiger partial charge in [-0.25, -0.2) is 0 Å². The summed E-state index contributed by atoms with van der Waals surface area (Å²) in [6.07, 6.45) is -0.0419. The van der Waals surface area contributed by atoms with Gasteiger partial charge in [0.25, 0.3) is 0 Å². The summed E-state index contributed by atoms with van der Waals surface area (Å²) in [6.45, 7) is 2.64. The molecule has 1 saturated heterocycles. The summed E-state index contributed by atoms with van der Waals surface area (Å²) in [7, 11) is 1.64. The third-order valence-corrected chi connectivity index (χ3v) is 3.10. The Morgan fingerprint density at radius 1 is 1.26 bits per heavy atom. The number of amides is 1. The molecule has 1 amide bonds. The maximum absolute atomic E-state index is 11.9. The Balaban J connectivity index is 1.87. The first-order chi connectivity index (χ1) is 9.33. The molecule has 1 aliphatic heterocycles. The van der Waals surface area contributed by atoms with Crippen molar-refractivity contribution >= 4 is 5.91 Å². The zero-order valence-corrected chi connectivity index (χ0v) is 11.2. The highest BCUT2D eigenvalue weighted by Gasteiger charge is 2.30. The van der Waals surface area contributed by atoms with Gasteiger partial charge in [0.2, 0.25) is 5.91 Å². The summed E-state index contributed by atoms with van der Waals surface area (Å²) in [5.41, 5.74) is 1.10. The summed E-state index contributed by atoms with van der Waals surface area (Å²) in [5, 5.41) is 3.22. The summed E-state index contributed by atoms with van der Waals surface area (Å²) >= 11 is 0. The van der Waals surface area contributed by atoms with Crippen molar-refractivity contribution in [3.8, 4) is 0 Å². The maximum Gasteiger partial charge on any atom is 0.238 e. The van der Waals surface area contributed by atoms with Crippen LogP contribution in [0.15, 0.2) is 30.3 Å². The van der Waals surface area contributed by atoms with Crippen LogP contribution in [-0.4, -0.2) is 50.8 Å². The van der Waals surface area contributed by atoms with Crippen LogP contribution in [0.2, 0.25) is 0 Å². The van der Waals surface area contributed by atoms with Gasteiger partial charge in [-0.1, -0.05) is 30.3 Å². The molecule has 1 N–H and O–H groups in total. The smallest absolute Gasteiger partial charge is 0.238 e. The predicted octanol–water partition coefficient (Wildman–Crippen LogP) is 0.780. The molecular formula is C14H20N2O3. The molecule has 5 nitrogen and oxygen atoms in total. The monoisotopic (exact) mass is 264 g/mol. The molecule has 0 aliphatic carbocycles. The van der Waals surface area contributed by atoms with E-state index in [9.17, 15) is 4.79 Å². The number of rotatable bonds is 7. The second-order valence-corrected chi connectivity index (χ2v) is 4.39. The molecule has 5 heteroatoms. The van der Waals surface area contributed by atoms with Crippen molar-refractivity contribution in [2.24, 2.45) is 0 Å². The van der Waals surface area contributed by atoms with Crippen molar-refractivity contribution in [3.63, 3.8) is 0 Å². The van der Waals surface area contributed by atoms with Crippen LogP contribution in [0.4, 0.5) is 0 Å². The average molecular weight is 264 g/mol. The highest BCUT2D eigenvalue weighted by Crippen LogP contribution is 2.21. The Bertz CT molecular complexity index is 397. The Kier molecular flexibility index (Phi) is 5.32. The van der Waals surface area contributed by atoms with Gasteiger partial charge in [-0.2, -0.15) is 0 Å². The van der Waals surface area contributed by atoms with E-state index in [0.717, 1.165) is 5.56 Å². The average Bonchev–Trinajstić information content (AvgIpc) is 2.81. The van der Waals surface area contributed by atoms with Gasteiger partial charge in [0.1, 0.15) is 6.17 Å². The maximum atomic E-state index is 11.9. The van der Waals surface area contributed by atoms with E-state index in [-0.39, 0.29) is 12.1 Å². The molecule has 1 aromatic carbocycles. The van der Waals surface area contributed by atoms with Crippen molar-refractivity contribution in [1.29, 1.82) is 0 Å². The third kappa shape index (κ3) is 3.76. The third-order valence-electron chi connectivity index (χ3n) is 3.10. The standard InChI is InChI=1S/C14H20N2O3/c1-18-9-10-19-8-7-16-13(17)11-15-14(16)12-5-3-2-4-6-12/h2-6,14-15H,7-11H2,1H3. The molecule has 1 aromatic rings. The van der Waals surface area contributed by atoms with Crippen molar-refractivity contribution in [3.05, 3.63) is 35.9 Å². The fourth-order valence-corrected chi connectivity index (χ4v) is 2.13. The predicted molar refractivity (Wildman–Crippen MR) is 71.6 cm³/mol. The zero-order valence-electron chi connectivity index (χ0n) is 11.2.